The van der Waals surface area contributed by atoms with E-state index in [0.717, 1.165) is 10.8 Å². The van der Waals surface area contributed by atoms with Crippen molar-refractivity contribution in [3.8, 4) is 0 Å². The highest BCUT2D eigenvalue weighted by atomic mass is 35.5. The maximum atomic E-state index is 6.29. The molecule has 0 aromatic heterocycles. The third-order valence-electron chi connectivity index (χ3n) is 3.81. The number of allylic oxidation sites excluding steroid dienone is 1. The molecule has 1 aromatic rings. The van der Waals surface area contributed by atoms with Crippen LogP contribution in [-0.2, 0) is 4.74 Å². The fourth-order valence-corrected chi connectivity index (χ4v) is 3.27. The van der Waals surface area contributed by atoms with Crippen LogP contribution in [0.1, 0.15) is 31.2 Å². The summed E-state index contributed by atoms with van der Waals surface area (Å²) in [6.45, 7) is 2.65. The van der Waals surface area contributed by atoms with Gasteiger partial charge in [0.2, 0.25) is 0 Å². The maximum absolute atomic E-state index is 6.29. The molecule has 0 N–H and O–H groups in total. The summed E-state index contributed by atoms with van der Waals surface area (Å²) in [7, 11) is 0. The van der Waals surface area contributed by atoms with Crippen molar-refractivity contribution < 1.29 is 4.74 Å². The first-order valence-electron chi connectivity index (χ1n) is 6.17. The number of hydrogen-bond donors (Lipinski definition) is 0. The van der Waals surface area contributed by atoms with E-state index < -0.39 is 0 Å². The van der Waals surface area contributed by atoms with Gasteiger partial charge in [-0.25, -0.2) is 0 Å². The van der Waals surface area contributed by atoms with Crippen molar-refractivity contribution in [2.24, 2.45) is 0 Å². The Balaban J connectivity index is 1.81. The highest BCUT2D eigenvalue weighted by molar-refractivity contribution is 6.35. The van der Waals surface area contributed by atoms with E-state index in [2.05, 4.69) is 17.2 Å². The Hall–Kier alpha value is -0.860. The topological polar surface area (TPSA) is 12.5 Å². The Morgan fingerprint density at radius 3 is 2.67 bits per heavy atom. The second-order valence-electron chi connectivity index (χ2n) is 4.94. The van der Waals surface area contributed by atoms with E-state index >= 15 is 0 Å². The summed E-state index contributed by atoms with van der Waals surface area (Å²) in [6, 6.07) is 6.30. The van der Waals surface area contributed by atoms with Gasteiger partial charge in [-0.1, -0.05) is 29.3 Å². The molecular formula is C14H15Cl2NO. The molecular weight excluding hydrogens is 269 g/mol. The molecule has 1 fully saturated rings. The molecule has 0 bridgehead atoms. The van der Waals surface area contributed by atoms with E-state index in [4.69, 9.17) is 27.9 Å². The van der Waals surface area contributed by atoms with E-state index in [1.54, 1.807) is 0 Å². The molecule has 1 aliphatic carbocycles. The first-order valence-corrected chi connectivity index (χ1v) is 6.92. The third-order valence-corrected chi connectivity index (χ3v) is 4.38. The molecule has 2 aliphatic rings. The van der Waals surface area contributed by atoms with Gasteiger partial charge in [-0.05, 0) is 37.5 Å². The highest BCUT2D eigenvalue weighted by Gasteiger charge is 2.38. The standard InChI is InChI=1S/C14H15Cl2NO/c1-9-7-17(8-18-9)14-5-4-12(14)11-3-2-10(15)6-13(11)16/h2-3,6-7,12,14H,4-5,8H2,1H3/t12-,14-/m0/s1. The third kappa shape index (κ3) is 2.08. The molecule has 3 rings (SSSR count). The lowest BCUT2D eigenvalue weighted by Crippen LogP contribution is -2.42. The largest absolute Gasteiger partial charge is 0.476 e. The summed E-state index contributed by atoms with van der Waals surface area (Å²) in [5.74, 6) is 1.48. The fourth-order valence-electron chi connectivity index (χ4n) is 2.72. The predicted molar refractivity (Wildman–Crippen MR) is 73.8 cm³/mol. The van der Waals surface area contributed by atoms with Gasteiger partial charge in [-0.2, -0.15) is 0 Å². The van der Waals surface area contributed by atoms with E-state index in [1.807, 2.05) is 19.1 Å². The average Bonchev–Trinajstić information content (AvgIpc) is 2.67. The van der Waals surface area contributed by atoms with Gasteiger partial charge < -0.3 is 9.64 Å². The average molecular weight is 284 g/mol. The number of halogens is 2. The van der Waals surface area contributed by atoms with Crippen LogP contribution < -0.4 is 0 Å². The molecule has 1 saturated carbocycles. The Kier molecular flexibility index (Phi) is 3.16. The number of benzene rings is 1. The van der Waals surface area contributed by atoms with Crippen molar-refractivity contribution in [1.82, 2.24) is 4.90 Å². The first kappa shape index (κ1) is 12.2. The lowest BCUT2D eigenvalue weighted by atomic mass is 9.74. The molecule has 2 atom stereocenters. The molecule has 0 amide bonds. The molecule has 1 aliphatic heterocycles. The Morgan fingerprint density at radius 2 is 2.11 bits per heavy atom. The molecule has 1 aromatic carbocycles. The monoisotopic (exact) mass is 283 g/mol. The second-order valence-corrected chi connectivity index (χ2v) is 5.79. The molecule has 4 heteroatoms. The first-order chi connectivity index (χ1) is 8.65. The van der Waals surface area contributed by atoms with Gasteiger partial charge in [0.1, 0.15) is 5.76 Å². The van der Waals surface area contributed by atoms with Crippen LogP contribution >= 0.6 is 23.2 Å². The van der Waals surface area contributed by atoms with Crippen LogP contribution in [-0.4, -0.2) is 17.7 Å². The Morgan fingerprint density at radius 1 is 1.28 bits per heavy atom. The number of nitrogens with zero attached hydrogens (tertiary/aromatic N) is 1. The van der Waals surface area contributed by atoms with E-state index in [9.17, 15) is 0 Å². The summed E-state index contributed by atoms with van der Waals surface area (Å²) < 4.78 is 5.49. The molecule has 0 radical (unpaired) electrons. The van der Waals surface area contributed by atoms with Gasteiger partial charge >= 0.3 is 0 Å². The maximum Gasteiger partial charge on any atom is 0.161 e. The molecule has 2 nitrogen and oxygen atoms in total. The van der Waals surface area contributed by atoms with Crippen molar-refractivity contribution in [3.05, 3.63) is 45.8 Å². The smallest absolute Gasteiger partial charge is 0.161 e. The van der Waals surface area contributed by atoms with Crippen LogP contribution in [0.2, 0.25) is 10.0 Å². The number of rotatable bonds is 2. The molecule has 18 heavy (non-hydrogen) atoms. The van der Waals surface area contributed by atoms with Gasteiger partial charge in [-0.3, -0.25) is 0 Å². The van der Waals surface area contributed by atoms with Gasteiger partial charge in [0.25, 0.3) is 0 Å². The second kappa shape index (κ2) is 4.67. The summed E-state index contributed by atoms with van der Waals surface area (Å²) in [4.78, 5) is 2.27. The molecule has 1 heterocycles. The summed E-state index contributed by atoms with van der Waals surface area (Å²) in [5.41, 5.74) is 1.20. The molecule has 0 spiro atoms. The van der Waals surface area contributed by atoms with Crippen molar-refractivity contribution in [2.75, 3.05) is 6.73 Å². The van der Waals surface area contributed by atoms with Crippen molar-refractivity contribution in [3.63, 3.8) is 0 Å². The molecule has 0 saturated heterocycles. The molecule has 0 unspecified atom stereocenters. The van der Waals surface area contributed by atoms with Gasteiger partial charge in [0.15, 0.2) is 6.73 Å². The minimum Gasteiger partial charge on any atom is -0.476 e. The molecule has 96 valence electrons. The quantitative estimate of drug-likeness (QED) is 0.798. The predicted octanol–water partition coefficient (Wildman–Crippen LogP) is 4.39. The SMILES string of the molecule is CC1=CN([C@H]2CC[C@H]2c2ccc(Cl)cc2Cl)CO1. The summed E-state index contributed by atoms with van der Waals surface area (Å²) >= 11 is 12.2. The normalized spacial score (nSPS) is 26.6. The van der Waals surface area contributed by atoms with E-state index in [1.165, 1.54) is 18.4 Å². The van der Waals surface area contributed by atoms with Crippen LogP contribution in [0.5, 0.6) is 0 Å². The van der Waals surface area contributed by atoms with E-state index in [0.29, 0.717) is 23.7 Å². The van der Waals surface area contributed by atoms with Crippen LogP contribution in [0.4, 0.5) is 0 Å². The summed E-state index contributed by atoms with van der Waals surface area (Å²) in [6.07, 6.45) is 4.47. The van der Waals surface area contributed by atoms with E-state index in [-0.39, 0.29) is 0 Å². The van der Waals surface area contributed by atoms with Crippen molar-refractivity contribution >= 4 is 23.2 Å². The van der Waals surface area contributed by atoms with Gasteiger partial charge in [-0.15, -0.1) is 0 Å². The Labute approximate surface area is 117 Å². The van der Waals surface area contributed by atoms with Crippen LogP contribution in [0.15, 0.2) is 30.2 Å². The number of ether oxygens (including phenoxy) is 1. The summed E-state index contributed by atoms with van der Waals surface area (Å²) in [5, 5.41) is 1.47. The highest BCUT2D eigenvalue weighted by Crippen LogP contribution is 2.44. The minimum absolute atomic E-state index is 0.487. The van der Waals surface area contributed by atoms with Gasteiger partial charge in [0, 0.05) is 28.2 Å². The van der Waals surface area contributed by atoms with Crippen LogP contribution in [0.3, 0.4) is 0 Å². The van der Waals surface area contributed by atoms with Gasteiger partial charge in [0.05, 0.1) is 0 Å². The Bertz CT molecular complexity index is 501. The van der Waals surface area contributed by atoms with Crippen LogP contribution in [0.25, 0.3) is 0 Å². The zero-order valence-corrected chi connectivity index (χ0v) is 11.7. The lowest BCUT2D eigenvalue weighted by molar-refractivity contribution is 0.0756. The lowest BCUT2D eigenvalue weighted by Gasteiger charge is -2.42. The van der Waals surface area contributed by atoms with Crippen molar-refractivity contribution in [1.29, 1.82) is 0 Å². The minimum atomic E-state index is 0.487. The van der Waals surface area contributed by atoms with Crippen molar-refractivity contribution in [2.45, 2.75) is 31.7 Å². The van der Waals surface area contributed by atoms with Crippen LogP contribution in [0, 0.1) is 0 Å². The zero-order valence-electron chi connectivity index (χ0n) is 10.2. The fraction of sp³-hybridized carbons (Fsp3) is 0.429. The number of hydrogen-bond acceptors (Lipinski definition) is 2. The zero-order chi connectivity index (χ0) is 12.7.